The van der Waals surface area contributed by atoms with Crippen molar-refractivity contribution in [2.75, 3.05) is 4.72 Å². The van der Waals surface area contributed by atoms with Crippen molar-refractivity contribution in [3.8, 4) is 0 Å². The quantitative estimate of drug-likeness (QED) is 0.347. The molecule has 0 aliphatic rings. The van der Waals surface area contributed by atoms with Crippen LogP contribution in [0.5, 0.6) is 0 Å². The smallest absolute Gasteiger partial charge is 0.263 e. The van der Waals surface area contributed by atoms with Crippen LogP contribution in [0.15, 0.2) is 58.6 Å². The van der Waals surface area contributed by atoms with Gasteiger partial charge in [0.1, 0.15) is 4.90 Å². The number of benzene rings is 2. The van der Waals surface area contributed by atoms with Gasteiger partial charge in [-0.25, -0.2) is 8.42 Å². The standard InChI is InChI=1S/C13H12ClN3O3S/c14-10-6-2-4-8-12(10)21(19,20)17-11-7-3-1-5-9(11)13(15)16-18/h1-8,17-18H,(H2,15,16). The highest BCUT2D eigenvalue weighted by Gasteiger charge is 2.19. The number of hydrogen-bond acceptors (Lipinski definition) is 4. The molecule has 2 aromatic carbocycles. The lowest BCUT2D eigenvalue weighted by Gasteiger charge is -2.12. The van der Waals surface area contributed by atoms with Gasteiger partial charge in [-0.2, -0.15) is 0 Å². The first-order valence-corrected chi connectivity index (χ1v) is 7.66. The molecular weight excluding hydrogens is 314 g/mol. The van der Waals surface area contributed by atoms with Crippen LogP contribution in [0.1, 0.15) is 5.56 Å². The summed E-state index contributed by atoms with van der Waals surface area (Å²) in [7, 11) is -3.88. The van der Waals surface area contributed by atoms with Crippen molar-refractivity contribution >= 4 is 33.1 Å². The van der Waals surface area contributed by atoms with Crippen LogP contribution in [0.25, 0.3) is 0 Å². The van der Waals surface area contributed by atoms with Gasteiger partial charge in [0, 0.05) is 5.56 Å². The summed E-state index contributed by atoms with van der Waals surface area (Å²) in [6, 6.07) is 12.4. The number of nitrogens with zero attached hydrogens (tertiary/aromatic N) is 1. The molecule has 0 bridgehead atoms. The maximum absolute atomic E-state index is 12.3. The van der Waals surface area contributed by atoms with Gasteiger partial charge in [0.15, 0.2) is 5.84 Å². The van der Waals surface area contributed by atoms with Gasteiger partial charge in [-0.3, -0.25) is 4.72 Å². The third kappa shape index (κ3) is 3.26. The predicted octanol–water partition coefficient (Wildman–Crippen LogP) is 2.24. The molecule has 0 atom stereocenters. The maximum Gasteiger partial charge on any atom is 0.263 e. The van der Waals surface area contributed by atoms with E-state index in [2.05, 4.69) is 9.88 Å². The summed E-state index contributed by atoms with van der Waals surface area (Å²) in [6.45, 7) is 0. The zero-order chi connectivity index (χ0) is 15.5. The number of nitrogens with one attached hydrogen (secondary N) is 1. The highest BCUT2D eigenvalue weighted by atomic mass is 35.5. The predicted molar refractivity (Wildman–Crippen MR) is 81.2 cm³/mol. The Bertz CT molecular complexity index is 791. The number of hydrogen-bond donors (Lipinski definition) is 3. The van der Waals surface area contributed by atoms with Crippen LogP contribution in [-0.2, 0) is 10.0 Å². The molecule has 2 rings (SSSR count). The monoisotopic (exact) mass is 325 g/mol. The summed E-state index contributed by atoms with van der Waals surface area (Å²) in [5, 5.41) is 11.7. The topological polar surface area (TPSA) is 105 Å². The van der Waals surface area contributed by atoms with Crippen molar-refractivity contribution in [2.24, 2.45) is 10.9 Å². The van der Waals surface area contributed by atoms with Crippen molar-refractivity contribution < 1.29 is 13.6 Å². The van der Waals surface area contributed by atoms with Crippen LogP contribution in [0.3, 0.4) is 0 Å². The SMILES string of the molecule is N/C(=N/O)c1ccccc1NS(=O)(=O)c1ccccc1Cl. The highest BCUT2D eigenvalue weighted by Crippen LogP contribution is 2.24. The summed E-state index contributed by atoms with van der Waals surface area (Å²) in [5.74, 6) is -0.201. The number of amidine groups is 1. The summed E-state index contributed by atoms with van der Waals surface area (Å²) in [4.78, 5) is -0.0546. The molecule has 0 amide bonds. The minimum Gasteiger partial charge on any atom is -0.409 e. The number of anilines is 1. The normalized spacial score (nSPS) is 12.1. The number of rotatable bonds is 4. The van der Waals surface area contributed by atoms with Crippen LogP contribution in [-0.4, -0.2) is 19.5 Å². The van der Waals surface area contributed by atoms with Gasteiger partial charge in [0.25, 0.3) is 10.0 Å². The molecule has 21 heavy (non-hydrogen) atoms. The first kappa shape index (κ1) is 15.1. The van der Waals surface area contributed by atoms with Gasteiger partial charge in [-0.05, 0) is 24.3 Å². The minimum absolute atomic E-state index is 0.0546. The molecule has 0 saturated carbocycles. The minimum atomic E-state index is -3.88. The van der Waals surface area contributed by atoms with E-state index in [0.29, 0.717) is 0 Å². The number of para-hydroxylation sites is 1. The summed E-state index contributed by atoms with van der Waals surface area (Å²) < 4.78 is 27.1. The molecule has 0 radical (unpaired) electrons. The fourth-order valence-electron chi connectivity index (χ4n) is 1.71. The van der Waals surface area contributed by atoms with E-state index in [-0.39, 0.29) is 27.0 Å². The van der Waals surface area contributed by atoms with Crippen molar-refractivity contribution in [1.82, 2.24) is 0 Å². The van der Waals surface area contributed by atoms with Gasteiger partial charge in [-0.15, -0.1) is 0 Å². The number of halogens is 1. The van der Waals surface area contributed by atoms with Gasteiger partial charge in [0.2, 0.25) is 0 Å². The molecular formula is C13H12ClN3O3S. The van der Waals surface area contributed by atoms with Crippen LogP contribution >= 0.6 is 11.6 Å². The maximum atomic E-state index is 12.3. The van der Waals surface area contributed by atoms with E-state index in [1.165, 1.54) is 24.3 Å². The lowest BCUT2D eigenvalue weighted by Crippen LogP contribution is -2.19. The lowest BCUT2D eigenvalue weighted by atomic mass is 10.2. The molecule has 0 saturated heterocycles. The molecule has 6 nitrogen and oxygen atoms in total. The van der Waals surface area contributed by atoms with Crippen molar-refractivity contribution in [1.29, 1.82) is 0 Å². The molecule has 0 fully saturated rings. The van der Waals surface area contributed by atoms with E-state index < -0.39 is 10.0 Å². The van der Waals surface area contributed by atoms with Crippen LogP contribution in [0.2, 0.25) is 5.02 Å². The Morgan fingerprint density at radius 1 is 1.14 bits per heavy atom. The molecule has 110 valence electrons. The third-order valence-electron chi connectivity index (χ3n) is 2.68. The second kappa shape index (κ2) is 6.02. The van der Waals surface area contributed by atoms with E-state index in [1.54, 1.807) is 24.3 Å². The van der Waals surface area contributed by atoms with Gasteiger partial charge in [0.05, 0.1) is 10.7 Å². The van der Waals surface area contributed by atoms with Crippen molar-refractivity contribution in [3.05, 3.63) is 59.1 Å². The molecule has 0 unspecified atom stereocenters. The average Bonchev–Trinajstić information content (AvgIpc) is 2.47. The zero-order valence-electron chi connectivity index (χ0n) is 10.7. The average molecular weight is 326 g/mol. The third-order valence-corrected chi connectivity index (χ3v) is 4.55. The summed E-state index contributed by atoms with van der Waals surface area (Å²) in [6.07, 6.45) is 0. The molecule has 2 aromatic rings. The van der Waals surface area contributed by atoms with Gasteiger partial charge in [-0.1, -0.05) is 41.0 Å². The summed E-state index contributed by atoms with van der Waals surface area (Å²) in [5.41, 5.74) is 5.97. The molecule has 4 N–H and O–H groups in total. The van der Waals surface area contributed by atoms with Crippen LogP contribution < -0.4 is 10.5 Å². The molecule has 8 heteroatoms. The molecule has 0 heterocycles. The van der Waals surface area contributed by atoms with E-state index in [1.807, 2.05) is 0 Å². The van der Waals surface area contributed by atoms with E-state index in [4.69, 9.17) is 22.5 Å². The van der Waals surface area contributed by atoms with Crippen LogP contribution in [0.4, 0.5) is 5.69 Å². The molecule has 0 aliphatic heterocycles. The zero-order valence-corrected chi connectivity index (χ0v) is 12.3. The highest BCUT2D eigenvalue weighted by molar-refractivity contribution is 7.92. The number of sulfonamides is 1. The Morgan fingerprint density at radius 2 is 1.76 bits per heavy atom. The van der Waals surface area contributed by atoms with Gasteiger partial charge >= 0.3 is 0 Å². The first-order chi connectivity index (χ1) is 9.95. The molecule has 0 aromatic heterocycles. The Kier molecular flexibility index (Phi) is 4.35. The summed E-state index contributed by atoms with van der Waals surface area (Å²) >= 11 is 5.90. The largest absolute Gasteiger partial charge is 0.409 e. The lowest BCUT2D eigenvalue weighted by molar-refractivity contribution is 0.318. The Hall–Kier alpha value is -2.25. The second-order valence-corrected chi connectivity index (χ2v) is 6.12. The van der Waals surface area contributed by atoms with Gasteiger partial charge < -0.3 is 10.9 Å². The van der Waals surface area contributed by atoms with E-state index in [9.17, 15) is 8.42 Å². The Labute approximate surface area is 126 Å². The second-order valence-electron chi connectivity index (χ2n) is 4.07. The van der Waals surface area contributed by atoms with Crippen LogP contribution in [0, 0.1) is 0 Å². The molecule has 0 spiro atoms. The van der Waals surface area contributed by atoms with E-state index in [0.717, 1.165) is 0 Å². The number of oxime groups is 1. The van der Waals surface area contributed by atoms with Crippen molar-refractivity contribution in [3.63, 3.8) is 0 Å². The Morgan fingerprint density at radius 3 is 2.43 bits per heavy atom. The van der Waals surface area contributed by atoms with E-state index >= 15 is 0 Å². The first-order valence-electron chi connectivity index (χ1n) is 5.80. The Balaban J connectivity index is 2.46. The molecule has 0 aliphatic carbocycles. The fraction of sp³-hybridized carbons (Fsp3) is 0. The fourth-order valence-corrected chi connectivity index (χ4v) is 3.31. The number of nitrogens with two attached hydrogens (primary N) is 1. The van der Waals surface area contributed by atoms with Crippen molar-refractivity contribution in [2.45, 2.75) is 4.90 Å².